The van der Waals surface area contributed by atoms with Crippen LogP contribution in [0.2, 0.25) is 5.02 Å². The summed E-state index contributed by atoms with van der Waals surface area (Å²) in [6, 6.07) is 13.2. The Morgan fingerprint density at radius 2 is 2.00 bits per heavy atom. The van der Waals surface area contributed by atoms with Crippen LogP contribution in [0, 0.1) is 0 Å². The van der Waals surface area contributed by atoms with Crippen molar-refractivity contribution in [3.8, 4) is 0 Å². The van der Waals surface area contributed by atoms with Gasteiger partial charge in [0.15, 0.2) is 5.69 Å². The second-order valence-electron chi connectivity index (χ2n) is 3.80. The second kappa shape index (κ2) is 6.11. The Morgan fingerprint density at radius 1 is 1.22 bits per heavy atom. The molecule has 0 aromatic heterocycles. The first kappa shape index (κ1) is 13.2. The van der Waals surface area contributed by atoms with Crippen LogP contribution in [0.4, 0.5) is 11.4 Å². The van der Waals surface area contributed by atoms with Crippen molar-refractivity contribution in [3.63, 3.8) is 0 Å². The first-order valence-corrected chi connectivity index (χ1v) is 6.80. The van der Waals surface area contributed by atoms with Gasteiger partial charge in [0.2, 0.25) is 0 Å². The highest BCUT2D eigenvalue weighted by atomic mass is 35.5. The highest BCUT2D eigenvalue weighted by Crippen LogP contribution is 2.31. The molecule has 0 saturated heterocycles. The third kappa shape index (κ3) is 3.17. The zero-order valence-electron chi connectivity index (χ0n) is 9.64. The molecule has 3 nitrogen and oxygen atoms in total. The molecule has 0 aliphatic heterocycles. The number of halogens is 1. The summed E-state index contributed by atoms with van der Waals surface area (Å²) in [4.78, 5) is 0.993. The molecule has 0 atom stereocenters. The van der Waals surface area contributed by atoms with Gasteiger partial charge < -0.3 is 5.73 Å². The summed E-state index contributed by atoms with van der Waals surface area (Å²) in [5.74, 6) is 0.749. The smallest absolute Gasteiger partial charge is 0.165 e. The molecule has 0 radical (unpaired) electrons. The molecule has 0 spiro atoms. The van der Waals surface area contributed by atoms with E-state index in [1.54, 1.807) is 17.8 Å². The minimum atomic E-state index is 0.640. The lowest BCUT2D eigenvalue weighted by atomic mass is 10.2. The highest BCUT2D eigenvalue weighted by molar-refractivity contribution is 7.98. The molecular weight excluding hydrogens is 268 g/mol. The number of hydrogen-bond donors (Lipinski definition) is 3. The second-order valence-corrected chi connectivity index (χ2v) is 5.25. The molecule has 5 heteroatoms. The van der Waals surface area contributed by atoms with E-state index in [1.807, 2.05) is 36.4 Å². The SMILES string of the molecule is Nc1cc(Cl)ccc1SCc1ccccc1[NH2+]O. The molecule has 0 aliphatic carbocycles. The Kier molecular flexibility index (Phi) is 4.49. The summed E-state index contributed by atoms with van der Waals surface area (Å²) in [6.45, 7) is 0. The number of rotatable bonds is 4. The zero-order valence-corrected chi connectivity index (χ0v) is 11.2. The number of quaternary nitrogens is 1. The Balaban J connectivity index is 2.11. The van der Waals surface area contributed by atoms with Gasteiger partial charge in [0.25, 0.3) is 0 Å². The molecule has 0 amide bonds. The molecule has 94 valence electrons. The lowest BCUT2D eigenvalue weighted by molar-refractivity contribution is -0.826. The Bertz CT molecular complexity index is 548. The van der Waals surface area contributed by atoms with Crippen molar-refractivity contribution < 1.29 is 10.7 Å². The van der Waals surface area contributed by atoms with Crippen LogP contribution in [0.5, 0.6) is 0 Å². The molecule has 18 heavy (non-hydrogen) atoms. The van der Waals surface area contributed by atoms with Gasteiger partial charge in [-0.1, -0.05) is 29.8 Å². The normalized spacial score (nSPS) is 10.6. The van der Waals surface area contributed by atoms with Crippen LogP contribution in [0.15, 0.2) is 47.4 Å². The summed E-state index contributed by atoms with van der Waals surface area (Å²) in [5.41, 5.74) is 9.60. The molecule has 0 fully saturated rings. The quantitative estimate of drug-likeness (QED) is 0.459. The van der Waals surface area contributed by atoms with E-state index >= 15 is 0 Å². The van der Waals surface area contributed by atoms with Crippen molar-refractivity contribution >= 4 is 34.7 Å². The first-order chi connectivity index (χ1) is 8.70. The fourth-order valence-corrected chi connectivity index (χ4v) is 2.74. The summed E-state index contributed by atoms with van der Waals surface area (Å²) in [6.07, 6.45) is 0. The number of nitrogen functional groups attached to an aromatic ring is 1. The monoisotopic (exact) mass is 281 g/mol. The Hall–Kier alpha value is -1.20. The number of nitrogens with two attached hydrogens (primary N) is 2. The fourth-order valence-electron chi connectivity index (χ4n) is 1.60. The molecule has 2 aromatic carbocycles. The fraction of sp³-hybridized carbons (Fsp3) is 0.0769. The van der Waals surface area contributed by atoms with Crippen molar-refractivity contribution in [1.29, 1.82) is 0 Å². The van der Waals surface area contributed by atoms with Crippen LogP contribution in [0.25, 0.3) is 0 Å². The maximum absolute atomic E-state index is 9.13. The van der Waals surface area contributed by atoms with Crippen LogP contribution in [0.1, 0.15) is 5.56 Å². The first-order valence-electron chi connectivity index (χ1n) is 5.44. The van der Waals surface area contributed by atoms with E-state index in [2.05, 4.69) is 0 Å². The minimum absolute atomic E-state index is 0.640. The summed E-state index contributed by atoms with van der Waals surface area (Å²) in [5, 5.41) is 9.77. The van der Waals surface area contributed by atoms with Gasteiger partial charge >= 0.3 is 0 Å². The van der Waals surface area contributed by atoms with E-state index in [4.69, 9.17) is 22.5 Å². The lowest BCUT2D eigenvalue weighted by Gasteiger charge is -2.07. The third-order valence-electron chi connectivity index (χ3n) is 2.55. The average Bonchev–Trinajstić information content (AvgIpc) is 2.38. The summed E-state index contributed by atoms with van der Waals surface area (Å²) in [7, 11) is 0. The average molecular weight is 282 g/mol. The van der Waals surface area contributed by atoms with Crippen LogP contribution < -0.4 is 11.2 Å². The molecule has 0 heterocycles. The number of anilines is 1. The van der Waals surface area contributed by atoms with E-state index in [0.29, 0.717) is 10.7 Å². The van der Waals surface area contributed by atoms with E-state index in [9.17, 15) is 0 Å². The summed E-state index contributed by atoms with van der Waals surface area (Å²) >= 11 is 7.48. The molecule has 5 N–H and O–H groups in total. The minimum Gasteiger partial charge on any atom is -0.398 e. The van der Waals surface area contributed by atoms with E-state index in [1.165, 1.54) is 0 Å². The van der Waals surface area contributed by atoms with Crippen LogP contribution in [-0.4, -0.2) is 5.21 Å². The standard InChI is InChI=1S/C13H13ClN2OS/c14-10-5-6-13(11(15)7-10)18-8-9-3-1-2-4-12(9)16-17/h1-7,16-17H,8,15H2/p+1. The largest absolute Gasteiger partial charge is 0.398 e. The number of hydrogen-bond acceptors (Lipinski definition) is 3. The van der Waals surface area contributed by atoms with Crippen molar-refractivity contribution in [2.45, 2.75) is 10.6 Å². The number of thioether (sulfide) groups is 1. The van der Waals surface area contributed by atoms with Gasteiger partial charge in [-0.2, -0.15) is 5.48 Å². The molecule has 2 aromatic rings. The van der Waals surface area contributed by atoms with E-state index in [0.717, 1.165) is 27.4 Å². The maximum Gasteiger partial charge on any atom is 0.165 e. The van der Waals surface area contributed by atoms with Crippen molar-refractivity contribution in [1.82, 2.24) is 0 Å². The van der Waals surface area contributed by atoms with Gasteiger partial charge in [0.1, 0.15) is 0 Å². The van der Waals surface area contributed by atoms with Gasteiger partial charge in [-0.3, -0.25) is 0 Å². The molecule has 0 bridgehead atoms. The predicted octanol–water partition coefficient (Wildman–Crippen LogP) is 2.80. The highest BCUT2D eigenvalue weighted by Gasteiger charge is 2.07. The molecule has 0 aliphatic rings. The van der Waals surface area contributed by atoms with Crippen molar-refractivity contribution in [2.75, 3.05) is 5.73 Å². The lowest BCUT2D eigenvalue weighted by Crippen LogP contribution is -2.74. The Morgan fingerprint density at radius 3 is 2.72 bits per heavy atom. The van der Waals surface area contributed by atoms with Crippen LogP contribution in [0.3, 0.4) is 0 Å². The van der Waals surface area contributed by atoms with Crippen molar-refractivity contribution in [2.24, 2.45) is 0 Å². The summed E-state index contributed by atoms with van der Waals surface area (Å²) < 4.78 is 0. The van der Waals surface area contributed by atoms with Crippen LogP contribution in [-0.2, 0) is 5.75 Å². The zero-order chi connectivity index (χ0) is 13.0. The van der Waals surface area contributed by atoms with E-state index in [-0.39, 0.29) is 0 Å². The van der Waals surface area contributed by atoms with Gasteiger partial charge in [-0.25, -0.2) is 5.21 Å². The molecular formula is C13H14ClN2OS+. The van der Waals surface area contributed by atoms with Gasteiger partial charge in [0, 0.05) is 33.0 Å². The molecule has 0 unspecified atom stereocenters. The predicted molar refractivity (Wildman–Crippen MR) is 75.2 cm³/mol. The van der Waals surface area contributed by atoms with Gasteiger partial charge in [-0.15, -0.1) is 11.8 Å². The van der Waals surface area contributed by atoms with Crippen LogP contribution >= 0.6 is 23.4 Å². The third-order valence-corrected chi connectivity index (χ3v) is 3.92. The van der Waals surface area contributed by atoms with Gasteiger partial charge in [-0.05, 0) is 18.2 Å². The Labute approximate surface area is 115 Å². The number of benzene rings is 2. The van der Waals surface area contributed by atoms with Gasteiger partial charge in [0.05, 0.1) is 0 Å². The maximum atomic E-state index is 9.13. The van der Waals surface area contributed by atoms with Crippen molar-refractivity contribution in [3.05, 3.63) is 53.1 Å². The molecule has 2 rings (SSSR count). The molecule has 0 saturated carbocycles. The van der Waals surface area contributed by atoms with E-state index < -0.39 is 0 Å². The topological polar surface area (TPSA) is 62.9 Å². The number of para-hydroxylation sites is 1.